The summed E-state index contributed by atoms with van der Waals surface area (Å²) < 4.78 is 24.2. The van der Waals surface area contributed by atoms with Crippen molar-refractivity contribution in [2.75, 3.05) is 32.9 Å². The average Bonchev–Trinajstić information content (AvgIpc) is 2.73. The van der Waals surface area contributed by atoms with Gasteiger partial charge in [0.2, 0.25) is 0 Å². The van der Waals surface area contributed by atoms with Crippen LogP contribution in [0.15, 0.2) is 59.7 Å². The van der Waals surface area contributed by atoms with E-state index < -0.39 is 11.7 Å². The third-order valence-corrected chi connectivity index (χ3v) is 4.65. The molecule has 1 amide bonds. The van der Waals surface area contributed by atoms with Crippen LogP contribution >= 0.6 is 0 Å². The largest absolute Gasteiger partial charge is 0.481 e. The van der Waals surface area contributed by atoms with Gasteiger partial charge >= 0.3 is 0 Å². The quantitative estimate of drug-likeness (QED) is 0.558. The van der Waals surface area contributed by atoms with Gasteiger partial charge in [0.15, 0.2) is 24.2 Å². The highest BCUT2D eigenvalue weighted by Gasteiger charge is 2.29. The van der Waals surface area contributed by atoms with Crippen molar-refractivity contribution in [2.45, 2.75) is 13.0 Å². The Morgan fingerprint density at radius 2 is 1.86 bits per heavy atom. The Bertz CT molecular complexity index is 808. The zero-order valence-electron chi connectivity index (χ0n) is 15.9. The maximum atomic E-state index is 13.6. The Kier molecular flexibility index (Phi) is 7.11. The monoisotopic (exact) mass is 386 g/mol. The van der Waals surface area contributed by atoms with Crippen LogP contribution in [0.25, 0.3) is 0 Å². The van der Waals surface area contributed by atoms with Crippen molar-refractivity contribution in [1.82, 2.24) is 5.43 Å². The second kappa shape index (κ2) is 9.96. The summed E-state index contributed by atoms with van der Waals surface area (Å²) >= 11 is 0. The van der Waals surface area contributed by atoms with Crippen molar-refractivity contribution in [3.63, 3.8) is 0 Å². The number of hydrogen-bond acceptors (Lipinski definition) is 4. The van der Waals surface area contributed by atoms with E-state index in [9.17, 15) is 9.18 Å². The second-order valence-electron chi connectivity index (χ2n) is 6.62. The van der Waals surface area contributed by atoms with Crippen LogP contribution in [-0.4, -0.2) is 44.5 Å². The molecule has 1 atom stereocenters. The molecule has 148 valence electrons. The molecule has 6 nitrogen and oxygen atoms in total. The molecular formula is C21H25FN3O3+. The number of nitrogens with zero attached hydrogens (tertiary/aromatic N) is 1. The molecule has 28 heavy (non-hydrogen) atoms. The van der Waals surface area contributed by atoms with E-state index in [1.165, 1.54) is 17.0 Å². The average molecular weight is 386 g/mol. The number of ether oxygens (including phenoxy) is 2. The maximum absolute atomic E-state index is 13.6. The molecule has 7 heteroatoms. The topological polar surface area (TPSA) is 64.4 Å². The van der Waals surface area contributed by atoms with Crippen molar-refractivity contribution in [2.24, 2.45) is 5.10 Å². The van der Waals surface area contributed by atoms with Gasteiger partial charge in [-0.1, -0.05) is 42.5 Å². The van der Waals surface area contributed by atoms with Gasteiger partial charge in [-0.05, 0) is 19.1 Å². The van der Waals surface area contributed by atoms with E-state index in [1.807, 2.05) is 25.1 Å². The second-order valence-corrected chi connectivity index (χ2v) is 6.62. The van der Waals surface area contributed by atoms with Crippen molar-refractivity contribution >= 4 is 11.6 Å². The highest BCUT2D eigenvalue weighted by molar-refractivity contribution is 5.88. The summed E-state index contributed by atoms with van der Waals surface area (Å²) in [7, 11) is 0. The van der Waals surface area contributed by atoms with Crippen LogP contribution < -0.4 is 15.1 Å². The molecule has 1 saturated heterocycles. The zero-order chi connectivity index (χ0) is 19.8. The minimum absolute atomic E-state index is 0.0258. The van der Waals surface area contributed by atoms with Crippen molar-refractivity contribution in [3.8, 4) is 5.75 Å². The number of carbonyl (C=O) groups is 1. The number of amides is 1. The molecule has 2 aromatic rings. The van der Waals surface area contributed by atoms with E-state index >= 15 is 0 Å². The van der Waals surface area contributed by atoms with Crippen LogP contribution in [0.3, 0.4) is 0 Å². The minimum atomic E-state index is -0.505. The summed E-state index contributed by atoms with van der Waals surface area (Å²) in [6.45, 7) is 4.74. The Morgan fingerprint density at radius 3 is 2.57 bits per heavy atom. The maximum Gasteiger partial charge on any atom is 0.277 e. The van der Waals surface area contributed by atoms with Crippen molar-refractivity contribution in [3.05, 3.63) is 66.0 Å². The minimum Gasteiger partial charge on any atom is -0.481 e. The van der Waals surface area contributed by atoms with Gasteiger partial charge in [-0.2, -0.15) is 5.10 Å². The van der Waals surface area contributed by atoms with Gasteiger partial charge in [-0.15, -0.1) is 0 Å². The SMILES string of the molecule is C/C(=N/NC(=O)COc1ccccc1F)[C@H](c1ccccc1)[NH+]1CCOCC1. The molecule has 3 rings (SSSR count). The molecule has 0 radical (unpaired) electrons. The standard InChI is InChI=1S/C21H24FN3O3/c1-16(23-24-20(26)15-28-19-10-6-5-9-18(19)22)21(17-7-3-2-4-8-17)25-11-13-27-14-12-25/h2-10,21H,11-15H2,1H3,(H,24,26)/p+1/b23-16-/t21-/m1/s1. The summed E-state index contributed by atoms with van der Waals surface area (Å²) in [6, 6.07) is 16.1. The summed E-state index contributed by atoms with van der Waals surface area (Å²) in [6.07, 6.45) is 0. The summed E-state index contributed by atoms with van der Waals surface area (Å²) in [5.41, 5.74) is 4.45. The van der Waals surface area contributed by atoms with E-state index in [2.05, 4.69) is 22.7 Å². The molecule has 0 aliphatic carbocycles. The first-order valence-corrected chi connectivity index (χ1v) is 9.33. The fourth-order valence-corrected chi connectivity index (χ4v) is 3.29. The van der Waals surface area contributed by atoms with Crippen LogP contribution in [0.5, 0.6) is 5.75 Å². The molecule has 0 bridgehead atoms. The van der Waals surface area contributed by atoms with E-state index in [0.717, 1.165) is 24.4 Å². The summed E-state index contributed by atoms with van der Waals surface area (Å²) in [4.78, 5) is 13.4. The van der Waals surface area contributed by atoms with Crippen molar-refractivity contribution < 1.29 is 23.6 Å². The first-order chi connectivity index (χ1) is 13.6. The smallest absolute Gasteiger partial charge is 0.277 e. The Labute approximate surface area is 163 Å². The molecule has 2 N–H and O–H groups in total. The molecule has 0 aromatic heterocycles. The molecule has 1 aliphatic rings. The Balaban J connectivity index is 1.64. The number of quaternary nitrogens is 1. The van der Waals surface area contributed by atoms with Gasteiger partial charge in [0.05, 0.1) is 18.9 Å². The van der Waals surface area contributed by atoms with E-state index in [4.69, 9.17) is 9.47 Å². The lowest BCUT2D eigenvalue weighted by Crippen LogP contribution is -3.15. The van der Waals surface area contributed by atoms with E-state index in [1.54, 1.807) is 12.1 Å². The predicted octanol–water partition coefficient (Wildman–Crippen LogP) is 1.35. The van der Waals surface area contributed by atoms with Crippen molar-refractivity contribution in [1.29, 1.82) is 0 Å². The normalized spacial score (nSPS) is 16.4. The Hall–Kier alpha value is -2.77. The molecule has 0 spiro atoms. The van der Waals surface area contributed by atoms with Gasteiger partial charge in [0.25, 0.3) is 5.91 Å². The zero-order valence-corrected chi connectivity index (χ0v) is 15.9. The fourth-order valence-electron chi connectivity index (χ4n) is 3.29. The number of hydrogen-bond donors (Lipinski definition) is 2. The fraction of sp³-hybridized carbons (Fsp3) is 0.333. The number of rotatable bonds is 7. The highest BCUT2D eigenvalue weighted by Crippen LogP contribution is 2.15. The summed E-state index contributed by atoms with van der Waals surface area (Å²) in [5, 5.41) is 4.29. The number of nitrogens with one attached hydrogen (secondary N) is 2. The predicted molar refractivity (Wildman–Crippen MR) is 104 cm³/mol. The van der Waals surface area contributed by atoms with E-state index in [0.29, 0.717) is 13.2 Å². The number of morpholine rings is 1. The molecule has 1 fully saturated rings. The van der Waals surface area contributed by atoms with Crippen LogP contribution in [0.1, 0.15) is 18.5 Å². The number of benzene rings is 2. The molecular weight excluding hydrogens is 361 g/mol. The molecule has 2 aromatic carbocycles. The molecule has 0 saturated carbocycles. The van der Waals surface area contributed by atoms with Gasteiger partial charge in [-0.25, -0.2) is 9.82 Å². The molecule has 1 heterocycles. The highest BCUT2D eigenvalue weighted by atomic mass is 19.1. The van der Waals surface area contributed by atoms with E-state index in [-0.39, 0.29) is 18.4 Å². The molecule has 1 aliphatic heterocycles. The number of carbonyl (C=O) groups excluding carboxylic acids is 1. The number of para-hydroxylation sites is 1. The van der Waals surface area contributed by atoms with Crippen LogP contribution in [0.2, 0.25) is 0 Å². The van der Waals surface area contributed by atoms with Crippen LogP contribution in [0, 0.1) is 5.82 Å². The Morgan fingerprint density at radius 1 is 1.18 bits per heavy atom. The first-order valence-electron chi connectivity index (χ1n) is 9.33. The van der Waals surface area contributed by atoms with Gasteiger partial charge in [0.1, 0.15) is 13.1 Å². The third-order valence-electron chi connectivity index (χ3n) is 4.65. The van der Waals surface area contributed by atoms with Gasteiger partial charge in [-0.3, -0.25) is 4.79 Å². The van der Waals surface area contributed by atoms with Crippen LogP contribution in [0.4, 0.5) is 4.39 Å². The first kappa shape index (κ1) is 20.0. The lowest BCUT2D eigenvalue weighted by molar-refractivity contribution is -0.928. The number of halogens is 1. The van der Waals surface area contributed by atoms with Crippen LogP contribution in [-0.2, 0) is 9.53 Å². The lowest BCUT2D eigenvalue weighted by Gasteiger charge is -2.31. The van der Waals surface area contributed by atoms with Gasteiger partial charge < -0.3 is 14.4 Å². The molecule has 0 unspecified atom stereocenters. The summed E-state index contributed by atoms with van der Waals surface area (Å²) in [5.74, 6) is -0.903. The lowest BCUT2D eigenvalue weighted by atomic mass is 10.0. The third kappa shape index (κ3) is 5.37. The number of hydrazone groups is 1. The van der Waals surface area contributed by atoms with Gasteiger partial charge in [0, 0.05) is 5.56 Å².